The van der Waals surface area contributed by atoms with Gasteiger partial charge in [0.05, 0.1) is 12.0 Å². The minimum Gasteiger partial charge on any atom is -0.490 e. The highest BCUT2D eigenvalue weighted by Crippen LogP contribution is 2.29. The van der Waals surface area contributed by atoms with Gasteiger partial charge in [0.2, 0.25) is 5.91 Å². The van der Waals surface area contributed by atoms with E-state index in [4.69, 9.17) is 4.74 Å². The van der Waals surface area contributed by atoms with Crippen molar-refractivity contribution in [3.8, 4) is 5.75 Å². The number of nitrogens with one attached hydrogen (secondary N) is 2. The number of nitro groups is 1. The summed E-state index contributed by atoms with van der Waals surface area (Å²) < 4.78 is 4.87. The fourth-order valence-electron chi connectivity index (χ4n) is 1.37. The Bertz CT molecular complexity index is 448. The van der Waals surface area contributed by atoms with Gasteiger partial charge >= 0.3 is 5.69 Å². The fraction of sp³-hybridized carbons (Fsp3) is 0.364. The summed E-state index contributed by atoms with van der Waals surface area (Å²) in [6.45, 7) is 0.546. The van der Waals surface area contributed by atoms with Crippen molar-refractivity contribution in [2.75, 3.05) is 26.0 Å². The third-order valence-electron chi connectivity index (χ3n) is 2.26. The Balaban J connectivity index is 2.82. The van der Waals surface area contributed by atoms with Crippen LogP contribution in [0.5, 0.6) is 5.75 Å². The highest BCUT2D eigenvalue weighted by Gasteiger charge is 2.15. The number of methoxy groups -OCH3 is 1. The van der Waals surface area contributed by atoms with Crippen LogP contribution in [0.25, 0.3) is 0 Å². The molecule has 0 aliphatic heterocycles. The molecule has 7 heteroatoms. The summed E-state index contributed by atoms with van der Waals surface area (Å²) in [5.41, 5.74) is 0.201. The first-order valence-corrected chi connectivity index (χ1v) is 5.35. The molecular formula is C11H15N3O4. The monoisotopic (exact) mass is 253 g/mol. The van der Waals surface area contributed by atoms with Crippen LogP contribution in [-0.2, 0) is 4.79 Å². The molecule has 2 N–H and O–H groups in total. The first-order chi connectivity index (χ1) is 8.58. The highest BCUT2D eigenvalue weighted by molar-refractivity contribution is 5.91. The number of carbonyl (C=O) groups excluding carboxylic acids is 1. The van der Waals surface area contributed by atoms with Crippen LogP contribution in [-0.4, -0.2) is 31.5 Å². The molecule has 0 bridgehead atoms. The van der Waals surface area contributed by atoms with Crippen molar-refractivity contribution >= 4 is 17.3 Å². The van der Waals surface area contributed by atoms with Crippen LogP contribution in [0.3, 0.4) is 0 Å². The van der Waals surface area contributed by atoms with Gasteiger partial charge in [-0.05, 0) is 19.2 Å². The van der Waals surface area contributed by atoms with Gasteiger partial charge in [0.15, 0.2) is 5.75 Å². The number of anilines is 1. The molecular weight excluding hydrogens is 238 g/mol. The van der Waals surface area contributed by atoms with Gasteiger partial charge in [-0.25, -0.2) is 0 Å². The lowest BCUT2D eigenvalue weighted by Gasteiger charge is -2.07. The molecule has 7 nitrogen and oxygen atoms in total. The molecule has 0 spiro atoms. The molecule has 0 unspecified atom stereocenters. The Morgan fingerprint density at radius 1 is 1.50 bits per heavy atom. The average Bonchev–Trinajstić information content (AvgIpc) is 2.36. The maximum absolute atomic E-state index is 11.5. The molecule has 0 aliphatic rings. The fourth-order valence-corrected chi connectivity index (χ4v) is 1.37. The van der Waals surface area contributed by atoms with E-state index in [0.29, 0.717) is 18.7 Å². The zero-order valence-corrected chi connectivity index (χ0v) is 10.2. The Morgan fingerprint density at radius 2 is 2.22 bits per heavy atom. The van der Waals surface area contributed by atoms with E-state index in [1.165, 1.54) is 19.2 Å². The van der Waals surface area contributed by atoms with Crippen molar-refractivity contribution in [3.05, 3.63) is 28.3 Å². The van der Waals surface area contributed by atoms with Crippen molar-refractivity contribution in [2.45, 2.75) is 6.42 Å². The second kappa shape index (κ2) is 6.55. The minimum atomic E-state index is -0.553. The minimum absolute atomic E-state index is 0.160. The Kier molecular flexibility index (Phi) is 5.06. The first-order valence-electron chi connectivity index (χ1n) is 5.35. The molecule has 98 valence electrons. The largest absolute Gasteiger partial charge is 0.490 e. The van der Waals surface area contributed by atoms with Crippen molar-refractivity contribution < 1.29 is 14.5 Å². The van der Waals surface area contributed by atoms with Crippen LogP contribution in [0.4, 0.5) is 11.4 Å². The van der Waals surface area contributed by atoms with Crippen molar-refractivity contribution in [1.82, 2.24) is 5.32 Å². The molecule has 1 aromatic carbocycles. The first kappa shape index (κ1) is 13.9. The summed E-state index contributed by atoms with van der Waals surface area (Å²) in [4.78, 5) is 21.7. The smallest absolute Gasteiger partial charge is 0.312 e. The van der Waals surface area contributed by atoms with Crippen LogP contribution in [0.15, 0.2) is 18.2 Å². The lowest BCUT2D eigenvalue weighted by Crippen LogP contribution is -2.18. The Hall–Kier alpha value is -2.15. The maximum Gasteiger partial charge on any atom is 0.312 e. The summed E-state index contributed by atoms with van der Waals surface area (Å²) in [5.74, 6) is -0.0444. The van der Waals surface area contributed by atoms with Gasteiger partial charge in [0, 0.05) is 24.7 Å². The van der Waals surface area contributed by atoms with Gasteiger partial charge in [-0.1, -0.05) is 0 Å². The predicted molar refractivity (Wildman–Crippen MR) is 66.8 cm³/mol. The number of amides is 1. The van der Waals surface area contributed by atoms with Crippen LogP contribution in [0.1, 0.15) is 6.42 Å². The molecule has 0 heterocycles. The summed E-state index contributed by atoms with van der Waals surface area (Å²) in [6, 6.07) is 4.28. The van der Waals surface area contributed by atoms with Gasteiger partial charge in [0.1, 0.15) is 0 Å². The van der Waals surface area contributed by atoms with Crippen molar-refractivity contribution in [3.63, 3.8) is 0 Å². The summed E-state index contributed by atoms with van der Waals surface area (Å²) in [7, 11) is 3.10. The molecule has 1 aromatic rings. The van der Waals surface area contributed by atoms with E-state index in [2.05, 4.69) is 10.6 Å². The van der Waals surface area contributed by atoms with Crippen LogP contribution in [0.2, 0.25) is 0 Å². The number of nitro benzene ring substituents is 1. The standard InChI is InChI=1S/C11H15N3O4/c1-12-6-5-11(15)13-8-3-4-10(18-2)9(7-8)14(16)17/h3-4,7,12H,5-6H2,1-2H3,(H,13,15). The van der Waals surface area contributed by atoms with Crippen LogP contribution in [0, 0.1) is 10.1 Å². The lowest BCUT2D eigenvalue weighted by atomic mass is 10.2. The summed E-state index contributed by atoms with van der Waals surface area (Å²) in [5, 5.41) is 16.2. The van der Waals surface area contributed by atoms with Crippen LogP contribution >= 0.6 is 0 Å². The Labute approximate surface area is 104 Å². The zero-order valence-electron chi connectivity index (χ0n) is 10.2. The van der Waals surface area contributed by atoms with Gasteiger partial charge in [0.25, 0.3) is 0 Å². The average molecular weight is 253 g/mol. The third kappa shape index (κ3) is 3.70. The van der Waals surface area contributed by atoms with E-state index in [9.17, 15) is 14.9 Å². The molecule has 0 radical (unpaired) electrons. The third-order valence-corrected chi connectivity index (χ3v) is 2.26. The van der Waals surface area contributed by atoms with E-state index in [1.807, 2.05) is 0 Å². The van der Waals surface area contributed by atoms with E-state index in [1.54, 1.807) is 13.1 Å². The molecule has 1 amide bonds. The number of hydrogen-bond donors (Lipinski definition) is 2. The number of ether oxygens (including phenoxy) is 1. The SMILES string of the molecule is CNCCC(=O)Nc1ccc(OC)c([N+](=O)[O-])c1. The molecule has 18 heavy (non-hydrogen) atoms. The van der Waals surface area contributed by atoms with Gasteiger partial charge < -0.3 is 15.4 Å². The topological polar surface area (TPSA) is 93.5 Å². The number of benzene rings is 1. The van der Waals surface area contributed by atoms with Crippen molar-refractivity contribution in [1.29, 1.82) is 0 Å². The van der Waals surface area contributed by atoms with E-state index in [-0.39, 0.29) is 17.3 Å². The van der Waals surface area contributed by atoms with Gasteiger partial charge in [-0.3, -0.25) is 14.9 Å². The van der Waals surface area contributed by atoms with Crippen LogP contribution < -0.4 is 15.4 Å². The van der Waals surface area contributed by atoms with E-state index < -0.39 is 4.92 Å². The number of hydrogen-bond acceptors (Lipinski definition) is 5. The van der Waals surface area contributed by atoms with Gasteiger partial charge in [-0.2, -0.15) is 0 Å². The second-order valence-electron chi connectivity index (χ2n) is 3.55. The number of carbonyl (C=O) groups is 1. The molecule has 0 saturated carbocycles. The molecule has 0 atom stereocenters. The Morgan fingerprint density at radius 3 is 2.78 bits per heavy atom. The molecule has 0 aromatic heterocycles. The predicted octanol–water partition coefficient (Wildman–Crippen LogP) is 1.15. The molecule has 0 fully saturated rings. The molecule has 0 saturated heterocycles. The maximum atomic E-state index is 11.5. The quantitative estimate of drug-likeness (QED) is 0.586. The highest BCUT2D eigenvalue weighted by atomic mass is 16.6. The number of rotatable bonds is 6. The van der Waals surface area contributed by atoms with E-state index >= 15 is 0 Å². The van der Waals surface area contributed by atoms with Gasteiger partial charge in [-0.15, -0.1) is 0 Å². The normalized spacial score (nSPS) is 9.89. The molecule has 1 rings (SSSR count). The van der Waals surface area contributed by atoms with E-state index in [0.717, 1.165) is 0 Å². The lowest BCUT2D eigenvalue weighted by molar-refractivity contribution is -0.385. The van der Waals surface area contributed by atoms with Crippen molar-refractivity contribution in [2.24, 2.45) is 0 Å². The summed E-state index contributed by atoms with van der Waals surface area (Å²) in [6.07, 6.45) is 0.302. The second-order valence-corrected chi connectivity index (χ2v) is 3.55. The zero-order chi connectivity index (χ0) is 13.5. The molecule has 0 aliphatic carbocycles. The summed E-state index contributed by atoms with van der Waals surface area (Å²) >= 11 is 0. The number of nitrogens with zero attached hydrogens (tertiary/aromatic N) is 1.